The Bertz CT molecular complexity index is 7120. The Morgan fingerprint density at radius 1 is 0.0909 bits per heavy atom. The molecule has 0 amide bonds. The van der Waals surface area contributed by atoms with Gasteiger partial charge in [-0.1, -0.05) is 425 Å². The molecule has 22 rings (SSSR count). The molecule has 0 radical (unpaired) electrons. The minimum atomic E-state index is 1.23. The molecule has 0 aliphatic heterocycles. The van der Waals surface area contributed by atoms with E-state index in [4.69, 9.17) is 0 Å². The molecule has 0 heterocycles. The number of benzene rings is 22. The van der Waals surface area contributed by atoms with Crippen molar-refractivity contribution >= 4 is 118 Å². The van der Waals surface area contributed by atoms with Gasteiger partial charge in [-0.3, -0.25) is 0 Å². The molecule has 0 fully saturated rings. The lowest BCUT2D eigenvalue weighted by Crippen LogP contribution is -1.91. The van der Waals surface area contributed by atoms with Gasteiger partial charge in [-0.05, 0) is 220 Å². The van der Waals surface area contributed by atoms with Gasteiger partial charge in [0.05, 0.1) is 0 Å². The van der Waals surface area contributed by atoms with E-state index >= 15 is 0 Å². The fourth-order valence-corrected chi connectivity index (χ4v) is 17.5. The molecule has 22 aromatic carbocycles. The van der Waals surface area contributed by atoms with Gasteiger partial charge in [0.25, 0.3) is 0 Å². The molecule has 0 aliphatic rings. The molecule has 0 nitrogen and oxygen atoms in total. The molecular formula is C110H72. The average molecular weight is 1390 g/mol. The van der Waals surface area contributed by atoms with Gasteiger partial charge < -0.3 is 0 Å². The maximum Gasteiger partial charge on any atom is -0.00201 e. The summed E-state index contributed by atoms with van der Waals surface area (Å²) in [6.07, 6.45) is 0. The van der Waals surface area contributed by atoms with Crippen molar-refractivity contribution in [2.75, 3.05) is 0 Å². The third-order valence-corrected chi connectivity index (χ3v) is 22.5. The number of hydrogen-bond acceptors (Lipinski definition) is 0. The summed E-state index contributed by atoms with van der Waals surface area (Å²) in [5, 5.41) is 28.2. The summed E-state index contributed by atoms with van der Waals surface area (Å²) in [5.41, 5.74) is 20.4. The highest BCUT2D eigenvalue weighted by atomic mass is 14.3. The van der Waals surface area contributed by atoms with Crippen LogP contribution in [0, 0.1) is 0 Å². The normalized spacial score (nSPS) is 11.5. The van der Waals surface area contributed by atoms with Crippen molar-refractivity contribution in [2.45, 2.75) is 0 Å². The quantitative estimate of drug-likeness (QED) is 0.133. The molecule has 0 saturated carbocycles. The minimum absolute atomic E-state index is 1.23. The SMILES string of the molecule is c1ccc(-c2ccc(-c3c4ccccc4c(-c4cccc5ccccc45)c4ccccc34)cc2)cc1.c1ccc2cc(-c3c4ccccc4c(-c4cccc5ccccc45)c4ccccc34)ccc2c1.c1ccc2cc(-c3ccc(-c4c5ccccc5c(-c5cccc6ccccc56)c5ccccc45)cc3)ccc2c1. The summed E-state index contributed by atoms with van der Waals surface area (Å²) >= 11 is 0. The van der Waals surface area contributed by atoms with Crippen LogP contribution in [0.1, 0.15) is 0 Å². The lowest BCUT2D eigenvalue weighted by Gasteiger charge is -2.19. The summed E-state index contributed by atoms with van der Waals surface area (Å²) in [5.74, 6) is 0. The summed E-state index contributed by atoms with van der Waals surface area (Å²) in [4.78, 5) is 0. The second-order valence-electron chi connectivity index (χ2n) is 28.7. The maximum atomic E-state index is 2.33. The van der Waals surface area contributed by atoms with Crippen molar-refractivity contribution < 1.29 is 0 Å². The van der Waals surface area contributed by atoms with Gasteiger partial charge in [-0.2, -0.15) is 0 Å². The molecular weight excluding hydrogens is 1320 g/mol. The lowest BCUT2D eigenvalue weighted by molar-refractivity contribution is 1.61. The second-order valence-corrected chi connectivity index (χ2v) is 28.7. The van der Waals surface area contributed by atoms with Crippen LogP contribution in [0.4, 0.5) is 0 Å². The van der Waals surface area contributed by atoms with E-state index in [0.29, 0.717) is 0 Å². The highest BCUT2D eigenvalue weighted by Crippen LogP contribution is 2.50. The zero-order valence-electron chi connectivity index (χ0n) is 60.6. The number of rotatable bonds is 8. The van der Waals surface area contributed by atoms with E-state index in [0.717, 1.165) is 0 Å². The Labute approximate surface area is 640 Å². The molecule has 0 bridgehead atoms. The van der Waals surface area contributed by atoms with E-state index in [1.54, 1.807) is 0 Å². The van der Waals surface area contributed by atoms with Crippen molar-refractivity contribution in [3.05, 3.63) is 437 Å². The fourth-order valence-electron chi connectivity index (χ4n) is 17.5. The van der Waals surface area contributed by atoms with Gasteiger partial charge in [-0.25, -0.2) is 0 Å². The molecule has 110 heavy (non-hydrogen) atoms. The van der Waals surface area contributed by atoms with E-state index in [-0.39, 0.29) is 0 Å². The van der Waals surface area contributed by atoms with Gasteiger partial charge >= 0.3 is 0 Å². The molecule has 0 saturated heterocycles. The molecule has 512 valence electrons. The highest BCUT2D eigenvalue weighted by molar-refractivity contribution is 6.27. The molecule has 0 aromatic heterocycles. The Kier molecular flexibility index (Phi) is 16.7. The van der Waals surface area contributed by atoms with Gasteiger partial charge in [-0.15, -0.1) is 0 Å². The smallest absolute Gasteiger partial charge is 0.00201 e. The predicted molar refractivity (Wildman–Crippen MR) is 475 cm³/mol. The maximum absolute atomic E-state index is 2.33. The molecule has 0 atom stereocenters. The average Bonchev–Trinajstić information content (AvgIpc) is 0.739. The Morgan fingerprint density at radius 2 is 0.291 bits per heavy atom. The van der Waals surface area contributed by atoms with Crippen molar-refractivity contribution in [1.82, 2.24) is 0 Å². The largest absolute Gasteiger partial charge is 0.0622 e. The lowest BCUT2D eigenvalue weighted by atomic mass is 9.84. The first kappa shape index (κ1) is 65.2. The molecule has 0 N–H and O–H groups in total. The van der Waals surface area contributed by atoms with Gasteiger partial charge in [0, 0.05) is 0 Å². The Hall–Kier alpha value is -14.3. The van der Waals surface area contributed by atoms with E-state index in [2.05, 4.69) is 437 Å². The first-order chi connectivity index (χ1) is 54.6. The van der Waals surface area contributed by atoms with Crippen LogP contribution in [0.2, 0.25) is 0 Å². The van der Waals surface area contributed by atoms with Crippen LogP contribution in [-0.4, -0.2) is 0 Å². The van der Waals surface area contributed by atoms with Crippen LogP contribution >= 0.6 is 0 Å². The van der Waals surface area contributed by atoms with Gasteiger partial charge in [0.1, 0.15) is 0 Å². The third kappa shape index (κ3) is 11.7. The van der Waals surface area contributed by atoms with Crippen LogP contribution in [0.25, 0.3) is 208 Å². The van der Waals surface area contributed by atoms with Gasteiger partial charge in [0.2, 0.25) is 0 Å². The standard InChI is InChI=1S/C40H26.C36H24.C34H22/c1-2-12-31-26-32(25-22-27(31)10-1)28-20-23-30(24-21-28)39-35-15-5-7-17-37(35)40(38-18-8-6-16-36(38)39)34-19-9-13-29-11-3-4-14-33(29)34;1-2-11-25(12-3-1)26-21-23-28(24-22-26)35-31-16-6-8-18-33(31)36(34-19-9-7-17-32(34)35)30-20-10-14-27-13-4-5-15-29(27)30;1-2-12-25-22-26(21-20-23(25)10-1)33-29-15-5-7-17-31(29)34(32-18-8-6-16-30(32)33)28-19-9-13-24-11-3-4-14-27(24)28/h1-26H;1-24H;1-22H. The van der Waals surface area contributed by atoms with Crippen molar-refractivity contribution in [3.8, 4) is 89.0 Å². The predicted octanol–water partition coefficient (Wildman–Crippen LogP) is 31.1. The zero-order valence-corrected chi connectivity index (χ0v) is 60.6. The van der Waals surface area contributed by atoms with Crippen molar-refractivity contribution in [1.29, 1.82) is 0 Å². The van der Waals surface area contributed by atoms with Crippen LogP contribution in [-0.2, 0) is 0 Å². The molecule has 22 aromatic rings. The second kappa shape index (κ2) is 28.2. The highest BCUT2D eigenvalue weighted by Gasteiger charge is 2.22. The Balaban J connectivity index is 0.000000108. The van der Waals surface area contributed by atoms with E-state index < -0.39 is 0 Å². The topological polar surface area (TPSA) is 0 Å². The van der Waals surface area contributed by atoms with Crippen LogP contribution < -0.4 is 0 Å². The summed E-state index contributed by atoms with van der Waals surface area (Å²) < 4.78 is 0. The molecule has 0 heteroatoms. The van der Waals surface area contributed by atoms with E-state index in [1.807, 2.05) is 0 Å². The van der Waals surface area contributed by atoms with E-state index in [1.165, 1.54) is 208 Å². The molecule has 0 unspecified atom stereocenters. The molecule has 0 aliphatic carbocycles. The monoisotopic (exact) mass is 1390 g/mol. The first-order valence-electron chi connectivity index (χ1n) is 38.1. The summed E-state index contributed by atoms with van der Waals surface area (Å²) in [6, 6.07) is 159. The minimum Gasteiger partial charge on any atom is -0.0622 e. The Morgan fingerprint density at radius 3 is 0.618 bits per heavy atom. The van der Waals surface area contributed by atoms with E-state index in [9.17, 15) is 0 Å². The summed E-state index contributed by atoms with van der Waals surface area (Å²) in [6.45, 7) is 0. The van der Waals surface area contributed by atoms with Crippen LogP contribution in [0.5, 0.6) is 0 Å². The molecule has 0 spiro atoms. The first-order valence-corrected chi connectivity index (χ1v) is 38.1. The number of fused-ring (bicyclic) bond motifs is 11. The van der Waals surface area contributed by atoms with Crippen LogP contribution in [0.3, 0.4) is 0 Å². The number of hydrogen-bond donors (Lipinski definition) is 0. The third-order valence-electron chi connectivity index (χ3n) is 22.5. The van der Waals surface area contributed by atoms with Crippen molar-refractivity contribution in [3.63, 3.8) is 0 Å². The summed E-state index contributed by atoms with van der Waals surface area (Å²) in [7, 11) is 0. The van der Waals surface area contributed by atoms with Gasteiger partial charge in [0.15, 0.2) is 0 Å². The fraction of sp³-hybridized carbons (Fsp3) is 0. The van der Waals surface area contributed by atoms with Crippen molar-refractivity contribution in [2.24, 2.45) is 0 Å². The van der Waals surface area contributed by atoms with Crippen LogP contribution in [0.15, 0.2) is 437 Å². The zero-order chi connectivity index (χ0) is 72.9.